The molecule has 6 aromatic rings. The number of aromatic nitrogens is 5. The van der Waals surface area contributed by atoms with Crippen molar-refractivity contribution in [1.29, 1.82) is 0 Å². The minimum atomic E-state index is -0.0698. The molecule has 0 saturated carbocycles. The second-order valence-corrected chi connectivity index (χ2v) is 8.84. The first-order valence-electron chi connectivity index (χ1n) is 11.3. The average Bonchev–Trinajstić information content (AvgIpc) is 3.45. The summed E-state index contributed by atoms with van der Waals surface area (Å²) in [5.74, 6) is 0. The lowest BCUT2D eigenvalue weighted by molar-refractivity contribution is 0.676. The van der Waals surface area contributed by atoms with E-state index in [0.29, 0.717) is 23.4 Å². The number of hydrogen-bond donors (Lipinski definition) is 1. The summed E-state index contributed by atoms with van der Waals surface area (Å²) in [5.41, 5.74) is 6.70. The Balaban J connectivity index is 1.41. The van der Waals surface area contributed by atoms with E-state index in [0.717, 1.165) is 50.9 Å². The molecule has 2 aromatic carbocycles. The Hall–Kier alpha value is -3.90. The summed E-state index contributed by atoms with van der Waals surface area (Å²) in [6.07, 6.45) is 7.01. The van der Waals surface area contributed by atoms with Gasteiger partial charge < -0.3 is 9.55 Å². The highest BCUT2D eigenvalue weighted by molar-refractivity contribution is 6.31. The molecule has 7 heteroatoms. The van der Waals surface area contributed by atoms with Crippen molar-refractivity contribution < 1.29 is 0 Å². The number of hydrogen-bond acceptors (Lipinski definition) is 3. The Morgan fingerprint density at radius 1 is 1.06 bits per heavy atom. The molecule has 0 fully saturated rings. The lowest BCUT2D eigenvalue weighted by atomic mass is 10.0. The second kappa shape index (κ2) is 8.15. The molecule has 6 nitrogen and oxygen atoms in total. The van der Waals surface area contributed by atoms with Crippen LogP contribution in [-0.2, 0) is 19.4 Å². The van der Waals surface area contributed by atoms with E-state index in [1.807, 2.05) is 59.4 Å². The highest BCUT2D eigenvalue weighted by atomic mass is 35.5. The fourth-order valence-corrected chi connectivity index (χ4v) is 4.85. The molecule has 0 atom stereocenters. The van der Waals surface area contributed by atoms with Gasteiger partial charge in [0.15, 0.2) is 5.65 Å². The summed E-state index contributed by atoms with van der Waals surface area (Å²) < 4.78 is 3.55. The van der Waals surface area contributed by atoms with Crippen molar-refractivity contribution in [2.75, 3.05) is 0 Å². The molecule has 0 aliphatic heterocycles. The van der Waals surface area contributed by atoms with Gasteiger partial charge in [0, 0.05) is 46.6 Å². The minimum absolute atomic E-state index is 0.0698. The smallest absolute Gasteiger partial charge is 0.261 e. The van der Waals surface area contributed by atoms with Crippen LogP contribution in [-0.4, -0.2) is 24.1 Å². The van der Waals surface area contributed by atoms with Gasteiger partial charge in [-0.2, -0.15) is 5.10 Å². The molecule has 0 unspecified atom stereocenters. The summed E-state index contributed by atoms with van der Waals surface area (Å²) in [4.78, 5) is 21.3. The van der Waals surface area contributed by atoms with Gasteiger partial charge in [-0.15, -0.1) is 0 Å². The van der Waals surface area contributed by atoms with E-state index in [1.165, 1.54) is 0 Å². The number of halogens is 1. The van der Waals surface area contributed by atoms with Crippen molar-refractivity contribution in [1.82, 2.24) is 24.1 Å². The van der Waals surface area contributed by atoms with Crippen LogP contribution >= 0.6 is 11.6 Å². The number of H-pyrrole nitrogens is 1. The molecule has 34 heavy (non-hydrogen) atoms. The van der Waals surface area contributed by atoms with Crippen LogP contribution in [0.4, 0.5) is 0 Å². The van der Waals surface area contributed by atoms with Gasteiger partial charge in [0.1, 0.15) is 0 Å². The van der Waals surface area contributed by atoms with Crippen LogP contribution < -0.4 is 5.56 Å². The first kappa shape index (κ1) is 20.7. The summed E-state index contributed by atoms with van der Waals surface area (Å²) >= 11 is 6.18. The number of nitrogens with zero attached hydrogens (tertiary/aromatic N) is 4. The normalized spacial score (nSPS) is 11.7. The summed E-state index contributed by atoms with van der Waals surface area (Å²) in [5, 5.41) is 7.17. The molecule has 4 heterocycles. The molecule has 1 N–H and O–H groups in total. The lowest BCUT2D eigenvalue weighted by Crippen LogP contribution is -2.21. The molecular weight excluding hydrogens is 446 g/mol. The largest absolute Gasteiger partial charge is 0.361 e. The Morgan fingerprint density at radius 2 is 1.91 bits per heavy atom. The van der Waals surface area contributed by atoms with Crippen LogP contribution in [0.2, 0.25) is 5.02 Å². The number of pyridine rings is 1. The van der Waals surface area contributed by atoms with Crippen molar-refractivity contribution in [3.8, 4) is 11.1 Å². The van der Waals surface area contributed by atoms with E-state index >= 15 is 0 Å². The topological polar surface area (TPSA) is 68.0 Å². The summed E-state index contributed by atoms with van der Waals surface area (Å²) in [7, 11) is 0. The molecule has 0 aliphatic rings. The first-order chi connectivity index (χ1) is 16.6. The molecule has 0 radical (unpaired) electrons. The first-order valence-corrected chi connectivity index (χ1v) is 11.7. The molecule has 4 aromatic heterocycles. The van der Waals surface area contributed by atoms with Gasteiger partial charge in [-0.3, -0.25) is 4.79 Å². The molecule has 0 saturated heterocycles. The third kappa shape index (κ3) is 3.30. The summed E-state index contributed by atoms with van der Waals surface area (Å²) in [6.45, 7) is 2.64. The van der Waals surface area contributed by atoms with E-state index in [9.17, 15) is 4.79 Å². The molecule has 0 amide bonds. The van der Waals surface area contributed by atoms with Gasteiger partial charge in [0.05, 0.1) is 16.6 Å². The zero-order valence-electron chi connectivity index (χ0n) is 18.6. The number of aryl methyl sites for hydroxylation is 3. The average molecular weight is 468 g/mol. The van der Waals surface area contributed by atoms with Gasteiger partial charge in [0.25, 0.3) is 5.56 Å². The van der Waals surface area contributed by atoms with E-state index in [2.05, 4.69) is 29.0 Å². The number of fused-ring (bicyclic) bond motifs is 4. The van der Waals surface area contributed by atoms with E-state index < -0.39 is 0 Å². The molecule has 168 valence electrons. The maximum Gasteiger partial charge on any atom is 0.261 e. The fourth-order valence-electron chi connectivity index (χ4n) is 4.68. The fraction of sp³-hybridized carbons (Fsp3) is 0.148. The summed E-state index contributed by atoms with van der Waals surface area (Å²) in [6, 6.07) is 17.9. The zero-order chi connectivity index (χ0) is 23.2. The number of nitrogens with one attached hydrogen (secondary N) is 1. The van der Waals surface area contributed by atoms with Crippen LogP contribution in [0.1, 0.15) is 18.2 Å². The monoisotopic (exact) mass is 467 g/mol. The number of aromatic amines is 1. The van der Waals surface area contributed by atoms with Crippen molar-refractivity contribution >= 4 is 39.1 Å². The second-order valence-electron chi connectivity index (χ2n) is 8.40. The number of rotatable bonds is 5. The van der Waals surface area contributed by atoms with Crippen LogP contribution in [0, 0.1) is 0 Å². The molecular formula is C27H22ClN5O. The standard InChI is InChI=1S/C27H22ClN5O/c1-2-22-25(17-6-4-3-5-7-17)26-30-16-21-24(33(26)31-22)11-13-32(27(21)34)12-10-18-15-29-23-9-8-19(28)14-20(18)23/h3-9,11,13-16,29H,2,10,12H2,1H3. The highest BCUT2D eigenvalue weighted by Crippen LogP contribution is 2.29. The minimum Gasteiger partial charge on any atom is -0.361 e. The van der Waals surface area contributed by atoms with Crippen molar-refractivity contribution in [2.24, 2.45) is 0 Å². The van der Waals surface area contributed by atoms with E-state index in [-0.39, 0.29) is 5.56 Å². The zero-order valence-corrected chi connectivity index (χ0v) is 19.4. The Labute approximate surface area is 200 Å². The van der Waals surface area contributed by atoms with Crippen molar-refractivity contribution in [2.45, 2.75) is 26.3 Å². The predicted octanol–water partition coefficient (Wildman–Crippen LogP) is 5.65. The lowest BCUT2D eigenvalue weighted by Gasteiger charge is -2.08. The third-order valence-electron chi connectivity index (χ3n) is 6.41. The van der Waals surface area contributed by atoms with Gasteiger partial charge in [-0.05, 0) is 48.2 Å². The molecule has 0 bridgehead atoms. The van der Waals surface area contributed by atoms with Crippen LogP contribution in [0.15, 0.2) is 78.0 Å². The predicted molar refractivity (Wildman–Crippen MR) is 137 cm³/mol. The highest BCUT2D eigenvalue weighted by Gasteiger charge is 2.17. The molecule has 6 rings (SSSR count). The molecule has 0 spiro atoms. The van der Waals surface area contributed by atoms with Crippen LogP contribution in [0.25, 0.3) is 38.6 Å². The van der Waals surface area contributed by atoms with Crippen LogP contribution in [0.5, 0.6) is 0 Å². The van der Waals surface area contributed by atoms with E-state index in [1.54, 1.807) is 10.8 Å². The van der Waals surface area contributed by atoms with Gasteiger partial charge in [-0.25, -0.2) is 9.50 Å². The Morgan fingerprint density at radius 3 is 2.74 bits per heavy atom. The Bertz CT molecular complexity index is 1730. The van der Waals surface area contributed by atoms with E-state index in [4.69, 9.17) is 16.7 Å². The Kier molecular flexibility index (Phi) is 4.96. The van der Waals surface area contributed by atoms with Crippen molar-refractivity contribution in [3.05, 3.63) is 99.8 Å². The number of benzene rings is 2. The van der Waals surface area contributed by atoms with Gasteiger partial charge in [0.2, 0.25) is 0 Å². The van der Waals surface area contributed by atoms with Gasteiger partial charge >= 0.3 is 0 Å². The van der Waals surface area contributed by atoms with Crippen molar-refractivity contribution in [3.63, 3.8) is 0 Å². The third-order valence-corrected chi connectivity index (χ3v) is 6.64. The maximum absolute atomic E-state index is 13.3. The maximum atomic E-state index is 13.3. The quantitative estimate of drug-likeness (QED) is 0.356. The van der Waals surface area contributed by atoms with Gasteiger partial charge in [-0.1, -0.05) is 48.9 Å². The molecule has 0 aliphatic carbocycles. The SMILES string of the molecule is CCc1nn2c(ncc3c(=O)n(CCc4c[nH]c5ccc(Cl)cc45)ccc32)c1-c1ccccc1. The van der Waals surface area contributed by atoms with Crippen LogP contribution in [0.3, 0.4) is 0 Å².